The molecule has 0 spiro atoms. The number of aliphatic carboxylic acids is 1. The van der Waals surface area contributed by atoms with Crippen molar-refractivity contribution in [1.82, 2.24) is 0 Å². The normalized spacial score (nSPS) is 20.3. The van der Waals surface area contributed by atoms with Crippen LogP contribution in [0.25, 0.3) is 0 Å². The van der Waals surface area contributed by atoms with E-state index in [0.29, 0.717) is 17.6 Å². The highest BCUT2D eigenvalue weighted by atomic mass is 16.4. The first-order chi connectivity index (χ1) is 12.1. The van der Waals surface area contributed by atoms with Crippen molar-refractivity contribution in [1.29, 1.82) is 0 Å². The zero-order chi connectivity index (χ0) is 18.3. The molecule has 0 amide bonds. The van der Waals surface area contributed by atoms with Crippen LogP contribution in [0.15, 0.2) is 0 Å². The van der Waals surface area contributed by atoms with E-state index in [9.17, 15) is 9.59 Å². The van der Waals surface area contributed by atoms with Crippen molar-refractivity contribution in [3.63, 3.8) is 0 Å². The summed E-state index contributed by atoms with van der Waals surface area (Å²) >= 11 is 0. The Morgan fingerprint density at radius 3 is 2.08 bits per heavy atom. The minimum atomic E-state index is -0.698. The number of rotatable bonds is 16. The van der Waals surface area contributed by atoms with Crippen molar-refractivity contribution in [3.8, 4) is 0 Å². The van der Waals surface area contributed by atoms with Crippen LogP contribution in [0.5, 0.6) is 0 Å². The Kier molecular flexibility index (Phi) is 12.7. The van der Waals surface area contributed by atoms with E-state index in [0.717, 1.165) is 44.9 Å². The molecule has 1 saturated carbocycles. The predicted octanol–water partition coefficient (Wildman–Crippen LogP) is 6.54. The lowest BCUT2D eigenvalue weighted by atomic mass is 9.86. The SMILES string of the molecule is CCCCCCCCCC[C@H]1CCC(=O)[C@@H]1CCCCCCC(=O)O. The first-order valence-corrected chi connectivity index (χ1v) is 10.9. The van der Waals surface area contributed by atoms with Gasteiger partial charge in [-0.15, -0.1) is 0 Å². The van der Waals surface area contributed by atoms with E-state index >= 15 is 0 Å². The molecule has 1 aliphatic rings. The highest BCUT2D eigenvalue weighted by Crippen LogP contribution is 2.36. The van der Waals surface area contributed by atoms with Gasteiger partial charge in [-0.2, -0.15) is 0 Å². The van der Waals surface area contributed by atoms with E-state index in [-0.39, 0.29) is 6.42 Å². The van der Waals surface area contributed by atoms with Crippen LogP contribution in [0.2, 0.25) is 0 Å². The van der Waals surface area contributed by atoms with Gasteiger partial charge in [0.05, 0.1) is 0 Å². The molecule has 0 radical (unpaired) electrons. The second-order valence-electron chi connectivity index (χ2n) is 7.98. The van der Waals surface area contributed by atoms with Crippen LogP contribution in [0.4, 0.5) is 0 Å². The second kappa shape index (κ2) is 14.3. The number of unbranched alkanes of at least 4 members (excludes halogenated alkanes) is 10. The maximum Gasteiger partial charge on any atom is 0.303 e. The zero-order valence-corrected chi connectivity index (χ0v) is 16.4. The minimum absolute atomic E-state index is 0.281. The van der Waals surface area contributed by atoms with Crippen LogP contribution in [-0.2, 0) is 9.59 Å². The summed E-state index contributed by atoms with van der Waals surface area (Å²) in [6.07, 6.45) is 19.2. The molecule has 0 aromatic rings. The van der Waals surface area contributed by atoms with Gasteiger partial charge in [0.2, 0.25) is 0 Å². The molecular weight excluding hydrogens is 312 g/mol. The molecule has 1 N–H and O–H groups in total. The Morgan fingerprint density at radius 1 is 0.880 bits per heavy atom. The van der Waals surface area contributed by atoms with Crippen molar-refractivity contribution in [2.75, 3.05) is 0 Å². The Balaban J connectivity index is 2.06. The number of hydrogen-bond acceptors (Lipinski definition) is 2. The van der Waals surface area contributed by atoms with E-state index in [1.54, 1.807) is 0 Å². The van der Waals surface area contributed by atoms with Crippen molar-refractivity contribution in [3.05, 3.63) is 0 Å². The van der Waals surface area contributed by atoms with Gasteiger partial charge in [0.15, 0.2) is 0 Å². The Bertz CT molecular complexity index is 364. The fourth-order valence-electron chi connectivity index (χ4n) is 4.25. The van der Waals surface area contributed by atoms with Gasteiger partial charge in [-0.25, -0.2) is 0 Å². The third-order valence-electron chi connectivity index (χ3n) is 5.83. The van der Waals surface area contributed by atoms with E-state index < -0.39 is 5.97 Å². The van der Waals surface area contributed by atoms with Crippen LogP contribution in [0.3, 0.4) is 0 Å². The van der Waals surface area contributed by atoms with Crippen molar-refractivity contribution < 1.29 is 14.7 Å². The first kappa shape index (κ1) is 22.2. The van der Waals surface area contributed by atoms with Gasteiger partial charge in [-0.3, -0.25) is 9.59 Å². The van der Waals surface area contributed by atoms with Gasteiger partial charge in [-0.1, -0.05) is 77.6 Å². The minimum Gasteiger partial charge on any atom is -0.481 e. The standard InChI is InChI=1S/C22H40O3/c1-2-3-4-5-6-7-8-11-14-19-17-18-21(23)20(19)15-12-9-10-13-16-22(24)25/h19-20H,2-18H2,1H3,(H,24,25)/t19-,20+/m0/s1. The number of Topliss-reactive ketones (excluding diaryl/α,β-unsaturated/α-hetero) is 1. The van der Waals surface area contributed by atoms with Gasteiger partial charge < -0.3 is 5.11 Å². The number of hydrogen-bond donors (Lipinski definition) is 1. The van der Waals surface area contributed by atoms with E-state index in [1.165, 1.54) is 57.8 Å². The third kappa shape index (κ3) is 10.7. The molecule has 146 valence electrons. The summed E-state index contributed by atoms with van der Waals surface area (Å²) in [6, 6.07) is 0. The second-order valence-corrected chi connectivity index (χ2v) is 7.98. The Morgan fingerprint density at radius 2 is 1.44 bits per heavy atom. The Hall–Kier alpha value is -0.860. The number of carbonyl (C=O) groups is 2. The van der Waals surface area contributed by atoms with E-state index in [1.807, 2.05) is 0 Å². The Labute approximate surface area is 155 Å². The molecule has 0 saturated heterocycles. The fourth-order valence-corrected chi connectivity index (χ4v) is 4.25. The van der Waals surface area contributed by atoms with Crippen LogP contribution < -0.4 is 0 Å². The molecule has 0 unspecified atom stereocenters. The van der Waals surface area contributed by atoms with Crippen molar-refractivity contribution >= 4 is 11.8 Å². The zero-order valence-electron chi connectivity index (χ0n) is 16.4. The van der Waals surface area contributed by atoms with Gasteiger partial charge in [0, 0.05) is 18.8 Å². The number of carboxylic acid groups (broad SMARTS) is 1. The molecule has 0 aromatic heterocycles. The molecule has 0 aliphatic heterocycles. The average Bonchev–Trinajstić information content (AvgIpc) is 2.93. The van der Waals surface area contributed by atoms with Gasteiger partial charge >= 0.3 is 5.97 Å². The molecule has 2 atom stereocenters. The van der Waals surface area contributed by atoms with Gasteiger partial charge in [0.25, 0.3) is 0 Å². The molecule has 1 aliphatic carbocycles. The predicted molar refractivity (Wildman–Crippen MR) is 104 cm³/mol. The monoisotopic (exact) mass is 352 g/mol. The summed E-state index contributed by atoms with van der Waals surface area (Å²) in [5, 5.41) is 8.64. The highest BCUT2D eigenvalue weighted by molar-refractivity contribution is 5.83. The van der Waals surface area contributed by atoms with Crippen molar-refractivity contribution in [2.45, 2.75) is 116 Å². The van der Waals surface area contributed by atoms with Crippen LogP contribution in [-0.4, -0.2) is 16.9 Å². The molecule has 0 bridgehead atoms. The smallest absolute Gasteiger partial charge is 0.303 e. The molecular formula is C22H40O3. The van der Waals surface area contributed by atoms with E-state index in [4.69, 9.17) is 5.11 Å². The molecule has 3 heteroatoms. The first-order valence-electron chi connectivity index (χ1n) is 10.9. The fraction of sp³-hybridized carbons (Fsp3) is 0.909. The number of carbonyl (C=O) groups excluding carboxylic acids is 1. The maximum absolute atomic E-state index is 12.2. The lowest BCUT2D eigenvalue weighted by Crippen LogP contribution is -2.15. The summed E-state index contributed by atoms with van der Waals surface area (Å²) in [5.41, 5.74) is 0. The molecule has 0 heterocycles. The quantitative estimate of drug-likeness (QED) is 0.321. The van der Waals surface area contributed by atoms with Crippen molar-refractivity contribution in [2.24, 2.45) is 11.8 Å². The summed E-state index contributed by atoms with van der Waals surface area (Å²) in [5.74, 6) is 0.738. The van der Waals surface area contributed by atoms with E-state index in [2.05, 4.69) is 6.92 Å². The number of carboxylic acids is 1. The molecule has 0 aromatic carbocycles. The lowest BCUT2D eigenvalue weighted by molar-refractivity contribution is -0.137. The van der Waals surface area contributed by atoms with Gasteiger partial charge in [0.1, 0.15) is 5.78 Å². The topological polar surface area (TPSA) is 54.4 Å². The average molecular weight is 353 g/mol. The number of ketones is 1. The molecule has 1 fully saturated rings. The lowest BCUT2D eigenvalue weighted by Gasteiger charge is -2.18. The molecule has 1 rings (SSSR count). The van der Waals surface area contributed by atoms with Crippen LogP contribution >= 0.6 is 0 Å². The summed E-state index contributed by atoms with van der Waals surface area (Å²) in [7, 11) is 0. The molecule has 3 nitrogen and oxygen atoms in total. The van der Waals surface area contributed by atoms with Gasteiger partial charge in [-0.05, 0) is 31.6 Å². The highest BCUT2D eigenvalue weighted by Gasteiger charge is 2.33. The maximum atomic E-state index is 12.2. The summed E-state index contributed by atoms with van der Waals surface area (Å²) in [6.45, 7) is 2.26. The largest absolute Gasteiger partial charge is 0.481 e. The summed E-state index contributed by atoms with van der Waals surface area (Å²) < 4.78 is 0. The van der Waals surface area contributed by atoms with Crippen LogP contribution in [0, 0.1) is 11.8 Å². The summed E-state index contributed by atoms with van der Waals surface area (Å²) in [4.78, 5) is 22.6. The van der Waals surface area contributed by atoms with Crippen LogP contribution in [0.1, 0.15) is 116 Å². The third-order valence-corrected chi connectivity index (χ3v) is 5.83. The molecule has 25 heavy (non-hydrogen) atoms.